The van der Waals surface area contributed by atoms with Gasteiger partial charge < -0.3 is 15.8 Å². The van der Waals surface area contributed by atoms with Gasteiger partial charge in [0.05, 0.1) is 5.52 Å². The van der Waals surface area contributed by atoms with E-state index in [1.165, 1.54) is 0 Å². The molecule has 3 rings (SSSR count). The number of nitrogens with zero attached hydrogens (tertiary/aromatic N) is 1. The highest BCUT2D eigenvalue weighted by atomic mass is 16.4. The van der Waals surface area contributed by atoms with Crippen LogP contribution in [0.2, 0.25) is 0 Å². The van der Waals surface area contributed by atoms with Gasteiger partial charge in [-0.05, 0) is 23.3 Å². The molecule has 0 bridgehead atoms. The molecule has 5 nitrogen and oxygen atoms in total. The number of fused-ring (bicyclic) bond motifs is 1. The number of para-hydroxylation sites is 1. The van der Waals surface area contributed by atoms with Crippen molar-refractivity contribution in [2.45, 2.75) is 12.5 Å². The summed E-state index contributed by atoms with van der Waals surface area (Å²) in [6.07, 6.45) is 5.63. The van der Waals surface area contributed by atoms with Crippen LogP contribution in [0.4, 0.5) is 0 Å². The van der Waals surface area contributed by atoms with Crippen molar-refractivity contribution >= 4 is 16.9 Å². The standard InChI is InChI=1S/C16H15N3O2/c17-14(16(20)21)8-11-9-19-15-12(2-1-3-13(11)15)10-4-6-18-7-5-10/h1-7,9,14,19H,8,17H2,(H,20,21)/t14-/m0/s1. The lowest BCUT2D eigenvalue weighted by molar-refractivity contribution is -0.138. The van der Waals surface area contributed by atoms with Gasteiger partial charge in [-0.25, -0.2) is 0 Å². The van der Waals surface area contributed by atoms with E-state index in [1.54, 1.807) is 12.4 Å². The number of carboxylic acid groups (broad SMARTS) is 1. The molecule has 0 aliphatic heterocycles. The molecule has 1 aromatic carbocycles. The lowest BCUT2D eigenvalue weighted by atomic mass is 10.0. The molecule has 0 fully saturated rings. The van der Waals surface area contributed by atoms with Crippen molar-refractivity contribution in [3.05, 3.63) is 54.5 Å². The molecule has 0 aliphatic rings. The number of pyridine rings is 1. The average molecular weight is 281 g/mol. The van der Waals surface area contributed by atoms with Crippen molar-refractivity contribution in [3.63, 3.8) is 0 Å². The van der Waals surface area contributed by atoms with Crippen LogP contribution < -0.4 is 5.73 Å². The number of aromatic amines is 1. The number of carboxylic acids is 1. The molecule has 3 aromatic rings. The lowest BCUT2D eigenvalue weighted by Gasteiger charge is -2.06. The molecule has 0 aliphatic carbocycles. The van der Waals surface area contributed by atoms with Crippen LogP contribution in [0.3, 0.4) is 0 Å². The summed E-state index contributed by atoms with van der Waals surface area (Å²) < 4.78 is 0. The molecule has 0 saturated heterocycles. The SMILES string of the molecule is N[C@@H](Cc1c[nH]c2c(-c3ccncc3)cccc12)C(=O)O. The minimum absolute atomic E-state index is 0.301. The van der Waals surface area contributed by atoms with Crippen LogP contribution in [0.5, 0.6) is 0 Å². The normalized spacial score (nSPS) is 12.4. The Morgan fingerprint density at radius 2 is 2.05 bits per heavy atom. The first kappa shape index (κ1) is 13.3. The molecule has 5 heteroatoms. The van der Waals surface area contributed by atoms with Gasteiger partial charge in [0.1, 0.15) is 6.04 Å². The minimum Gasteiger partial charge on any atom is -0.480 e. The smallest absolute Gasteiger partial charge is 0.320 e. The van der Waals surface area contributed by atoms with E-state index in [9.17, 15) is 4.79 Å². The number of aliphatic carboxylic acids is 1. The Morgan fingerprint density at radius 1 is 1.29 bits per heavy atom. The number of H-pyrrole nitrogens is 1. The highest BCUT2D eigenvalue weighted by Crippen LogP contribution is 2.29. The molecule has 2 heterocycles. The van der Waals surface area contributed by atoms with E-state index in [4.69, 9.17) is 10.8 Å². The molecule has 0 saturated carbocycles. The van der Waals surface area contributed by atoms with Crippen LogP contribution in [-0.2, 0) is 11.2 Å². The number of hydrogen-bond acceptors (Lipinski definition) is 3. The van der Waals surface area contributed by atoms with Crippen LogP contribution >= 0.6 is 0 Å². The maximum Gasteiger partial charge on any atom is 0.320 e. The topological polar surface area (TPSA) is 92.0 Å². The lowest BCUT2D eigenvalue weighted by Crippen LogP contribution is -2.32. The van der Waals surface area contributed by atoms with Crippen molar-refractivity contribution in [2.75, 3.05) is 0 Å². The monoisotopic (exact) mass is 281 g/mol. The van der Waals surface area contributed by atoms with Gasteiger partial charge >= 0.3 is 5.97 Å². The van der Waals surface area contributed by atoms with Gasteiger partial charge in [0.2, 0.25) is 0 Å². The molecule has 21 heavy (non-hydrogen) atoms. The fraction of sp³-hybridized carbons (Fsp3) is 0.125. The third kappa shape index (κ3) is 2.51. The highest BCUT2D eigenvalue weighted by molar-refractivity contribution is 5.96. The van der Waals surface area contributed by atoms with Crippen LogP contribution in [0.1, 0.15) is 5.56 Å². The first-order chi connectivity index (χ1) is 10.2. The zero-order valence-electron chi connectivity index (χ0n) is 11.3. The third-order valence-electron chi connectivity index (χ3n) is 3.55. The fourth-order valence-electron chi connectivity index (χ4n) is 2.48. The number of benzene rings is 1. The predicted octanol–water partition coefficient (Wildman–Crippen LogP) is 2.18. The largest absolute Gasteiger partial charge is 0.480 e. The molecule has 106 valence electrons. The summed E-state index contributed by atoms with van der Waals surface area (Å²) in [7, 11) is 0. The number of carbonyl (C=O) groups is 1. The Bertz CT molecular complexity index is 781. The second kappa shape index (κ2) is 5.38. The van der Waals surface area contributed by atoms with Crippen LogP contribution in [0, 0.1) is 0 Å². The Kier molecular flexibility index (Phi) is 3.41. The van der Waals surface area contributed by atoms with Crippen molar-refractivity contribution in [3.8, 4) is 11.1 Å². The zero-order valence-corrected chi connectivity index (χ0v) is 11.3. The van der Waals surface area contributed by atoms with E-state index in [0.29, 0.717) is 6.42 Å². The van der Waals surface area contributed by atoms with E-state index in [0.717, 1.165) is 27.6 Å². The molecule has 0 spiro atoms. The number of aromatic nitrogens is 2. The van der Waals surface area contributed by atoms with E-state index in [-0.39, 0.29) is 0 Å². The molecule has 4 N–H and O–H groups in total. The maximum absolute atomic E-state index is 10.9. The Balaban J connectivity index is 2.06. The summed E-state index contributed by atoms with van der Waals surface area (Å²) in [5.74, 6) is -0.991. The van der Waals surface area contributed by atoms with Crippen LogP contribution in [-0.4, -0.2) is 27.1 Å². The quantitative estimate of drug-likeness (QED) is 0.683. The fourth-order valence-corrected chi connectivity index (χ4v) is 2.48. The van der Waals surface area contributed by atoms with Gasteiger partial charge in [-0.1, -0.05) is 18.2 Å². The maximum atomic E-state index is 10.9. The molecular weight excluding hydrogens is 266 g/mol. The third-order valence-corrected chi connectivity index (χ3v) is 3.55. The van der Waals surface area contributed by atoms with E-state index < -0.39 is 12.0 Å². The van der Waals surface area contributed by atoms with Gasteiger partial charge in [0.15, 0.2) is 0 Å². The minimum atomic E-state index is -0.991. The summed E-state index contributed by atoms with van der Waals surface area (Å²) >= 11 is 0. The van der Waals surface area contributed by atoms with Gasteiger partial charge in [-0.3, -0.25) is 9.78 Å². The van der Waals surface area contributed by atoms with Crippen LogP contribution in [0.15, 0.2) is 48.9 Å². The summed E-state index contributed by atoms with van der Waals surface area (Å²) in [4.78, 5) is 18.2. The van der Waals surface area contributed by atoms with Crippen molar-refractivity contribution < 1.29 is 9.90 Å². The second-order valence-electron chi connectivity index (χ2n) is 4.93. The number of hydrogen-bond donors (Lipinski definition) is 3. The van der Waals surface area contributed by atoms with E-state index in [1.807, 2.05) is 36.5 Å². The molecule has 0 radical (unpaired) electrons. The van der Waals surface area contributed by atoms with E-state index in [2.05, 4.69) is 9.97 Å². The molecule has 0 unspecified atom stereocenters. The average Bonchev–Trinajstić information content (AvgIpc) is 2.91. The van der Waals surface area contributed by atoms with E-state index >= 15 is 0 Å². The molecule has 1 atom stereocenters. The summed E-state index contributed by atoms with van der Waals surface area (Å²) in [6.45, 7) is 0. The molecular formula is C16H15N3O2. The van der Waals surface area contributed by atoms with Crippen molar-refractivity contribution in [1.29, 1.82) is 0 Å². The number of rotatable bonds is 4. The number of nitrogens with one attached hydrogen (secondary N) is 1. The Hall–Kier alpha value is -2.66. The second-order valence-corrected chi connectivity index (χ2v) is 4.93. The molecule has 2 aromatic heterocycles. The van der Waals surface area contributed by atoms with Crippen molar-refractivity contribution in [1.82, 2.24) is 9.97 Å². The summed E-state index contributed by atoms with van der Waals surface area (Å²) in [5.41, 5.74) is 9.64. The molecule has 0 amide bonds. The van der Waals surface area contributed by atoms with Gasteiger partial charge in [0.25, 0.3) is 0 Å². The van der Waals surface area contributed by atoms with Gasteiger partial charge in [-0.15, -0.1) is 0 Å². The highest BCUT2D eigenvalue weighted by Gasteiger charge is 2.16. The van der Waals surface area contributed by atoms with Gasteiger partial charge in [-0.2, -0.15) is 0 Å². The zero-order chi connectivity index (χ0) is 14.8. The van der Waals surface area contributed by atoms with Crippen molar-refractivity contribution in [2.24, 2.45) is 5.73 Å². The van der Waals surface area contributed by atoms with Crippen LogP contribution in [0.25, 0.3) is 22.0 Å². The Labute approximate surface area is 121 Å². The predicted molar refractivity (Wildman–Crippen MR) is 80.8 cm³/mol. The summed E-state index contributed by atoms with van der Waals surface area (Å²) in [5, 5.41) is 9.94. The summed E-state index contributed by atoms with van der Waals surface area (Å²) in [6, 6.07) is 8.95. The Morgan fingerprint density at radius 3 is 2.76 bits per heavy atom. The number of nitrogens with two attached hydrogens (primary N) is 1. The first-order valence-corrected chi connectivity index (χ1v) is 6.64. The first-order valence-electron chi connectivity index (χ1n) is 6.64. The van der Waals surface area contributed by atoms with Gasteiger partial charge in [0, 0.05) is 36.0 Å².